The summed E-state index contributed by atoms with van der Waals surface area (Å²) in [6.07, 6.45) is 1.17. The molecule has 4 heteroatoms. The van der Waals surface area contributed by atoms with E-state index in [1.54, 1.807) is 0 Å². The van der Waals surface area contributed by atoms with Crippen LogP contribution in [-0.2, 0) is 0 Å². The lowest BCUT2D eigenvalue weighted by atomic mass is 10.2. The minimum atomic E-state index is 0.192. The van der Waals surface area contributed by atoms with Crippen LogP contribution in [-0.4, -0.2) is 28.5 Å². The van der Waals surface area contributed by atoms with Crippen LogP contribution in [0, 0.1) is 6.92 Å². The number of halogens is 1. The largest absolute Gasteiger partial charge is 0.488 e. The van der Waals surface area contributed by atoms with Crippen molar-refractivity contribution >= 4 is 28.3 Å². The number of rotatable bonds is 2. The van der Waals surface area contributed by atoms with Crippen molar-refractivity contribution in [2.45, 2.75) is 19.4 Å². The second-order valence-electron chi connectivity index (χ2n) is 3.99. The highest BCUT2D eigenvalue weighted by atomic mass is 35.5. The maximum Gasteiger partial charge on any atom is 0.170 e. The normalized spacial score (nSPS) is 19.9. The first kappa shape index (κ1) is 11.7. The van der Waals surface area contributed by atoms with Crippen molar-refractivity contribution in [3.05, 3.63) is 29.8 Å². The van der Waals surface area contributed by atoms with Crippen LogP contribution in [0.2, 0.25) is 0 Å². The third-order valence-electron chi connectivity index (χ3n) is 2.78. The number of para-hydroxylation sites is 1. The zero-order chi connectivity index (χ0) is 11.5. The molecule has 0 saturated carbocycles. The van der Waals surface area contributed by atoms with Gasteiger partial charge >= 0.3 is 0 Å². The zero-order valence-electron chi connectivity index (χ0n) is 9.15. The molecule has 16 heavy (non-hydrogen) atoms. The van der Waals surface area contributed by atoms with Crippen LogP contribution in [0.15, 0.2) is 24.3 Å². The monoisotopic (exact) mass is 255 g/mol. The van der Waals surface area contributed by atoms with Crippen LogP contribution in [0.3, 0.4) is 0 Å². The predicted octanol–water partition coefficient (Wildman–Crippen LogP) is 2.97. The summed E-state index contributed by atoms with van der Waals surface area (Å²) < 4.78 is 6.37. The molecule has 0 spiro atoms. The molecule has 0 radical (unpaired) electrons. The van der Waals surface area contributed by atoms with Gasteiger partial charge in [0.05, 0.1) is 6.54 Å². The topological polar surface area (TPSA) is 12.5 Å². The van der Waals surface area contributed by atoms with E-state index >= 15 is 0 Å². The Kier molecular flexibility index (Phi) is 3.66. The molecular weight excluding hydrogens is 242 g/mol. The molecular formula is C12H14ClNOS. The summed E-state index contributed by atoms with van der Waals surface area (Å²) in [5.41, 5.74) is 1.16. The lowest BCUT2D eigenvalue weighted by Crippen LogP contribution is -2.26. The molecule has 1 unspecified atom stereocenters. The van der Waals surface area contributed by atoms with E-state index in [1.807, 2.05) is 36.1 Å². The van der Waals surface area contributed by atoms with E-state index in [0.717, 1.165) is 30.8 Å². The molecule has 2 rings (SSSR count). The number of aryl methyl sites for hydroxylation is 1. The molecule has 86 valence electrons. The van der Waals surface area contributed by atoms with Gasteiger partial charge in [0.15, 0.2) is 4.45 Å². The Balaban J connectivity index is 1.97. The van der Waals surface area contributed by atoms with Gasteiger partial charge in [0.2, 0.25) is 0 Å². The van der Waals surface area contributed by atoms with Gasteiger partial charge in [-0.2, -0.15) is 0 Å². The fourth-order valence-corrected chi connectivity index (χ4v) is 2.17. The lowest BCUT2D eigenvalue weighted by molar-refractivity contribution is 0.214. The summed E-state index contributed by atoms with van der Waals surface area (Å²) in [5.74, 6) is 0.954. The predicted molar refractivity (Wildman–Crippen MR) is 70.2 cm³/mol. The molecule has 1 fully saturated rings. The minimum absolute atomic E-state index is 0.192. The highest BCUT2D eigenvalue weighted by Crippen LogP contribution is 2.22. The van der Waals surface area contributed by atoms with Crippen molar-refractivity contribution in [1.82, 2.24) is 4.90 Å². The van der Waals surface area contributed by atoms with Crippen molar-refractivity contribution in [1.29, 1.82) is 0 Å². The number of hydrogen-bond donors (Lipinski definition) is 0. The van der Waals surface area contributed by atoms with Crippen LogP contribution >= 0.6 is 23.8 Å². The Labute approximate surface area is 106 Å². The summed E-state index contributed by atoms with van der Waals surface area (Å²) in [6.45, 7) is 3.73. The maximum atomic E-state index is 5.93. The average molecular weight is 256 g/mol. The van der Waals surface area contributed by atoms with E-state index in [2.05, 4.69) is 0 Å². The molecule has 1 saturated heterocycles. The first-order valence-corrected chi connectivity index (χ1v) is 6.12. The van der Waals surface area contributed by atoms with Crippen molar-refractivity contribution in [2.75, 3.05) is 13.1 Å². The molecule has 1 aliphatic rings. The van der Waals surface area contributed by atoms with Crippen molar-refractivity contribution in [2.24, 2.45) is 0 Å². The van der Waals surface area contributed by atoms with Gasteiger partial charge in [-0.25, -0.2) is 0 Å². The Morgan fingerprint density at radius 1 is 1.50 bits per heavy atom. The highest BCUT2D eigenvalue weighted by Gasteiger charge is 2.25. The minimum Gasteiger partial charge on any atom is -0.488 e. The van der Waals surface area contributed by atoms with Crippen molar-refractivity contribution in [3.63, 3.8) is 0 Å². The smallest absolute Gasteiger partial charge is 0.170 e. The van der Waals surface area contributed by atoms with Gasteiger partial charge in [-0.3, -0.25) is 0 Å². The van der Waals surface area contributed by atoms with Gasteiger partial charge in [0.25, 0.3) is 0 Å². The summed E-state index contributed by atoms with van der Waals surface area (Å²) in [5, 5.41) is 0. The van der Waals surface area contributed by atoms with Crippen LogP contribution in [0.5, 0.6) is 5.75 Å². The third-order valence-corrected chi connectivity index (χ3v) is 3.28. The molecule has 0 amide bonds. The first-order chi connectivity index (χ1) is 7.66. The average Bonchev–Trinajstić information content (AvgIpc) is 2.70. The molecule has 0 N–H and O–H groups in total. The SMILES string of the molecule is Cc1ccccc1OC1CCN(C(=S)Cl)C1. The standard InChI is InChI=1S/C12H14ClNOS/c1-9-4-2-3-5-11(9)15-10-6-7-14(8-10)12(13)16/h2-5,10H,6-8H2,1H3. The number of likely N-dealkylation sites (tertiary alicyclic amines) is 1. The van der Waals surface area contributed by atoms with Gasteiger partial charge in [0, 0.05) is 13.0 Å². The Morgan fingerprint density at radius 3 is 2.88 bits per heavy atom. The van der Waals surface area contributed by atoms with Crippen LogP contribution in [0.4, 0.5) is 0 Å². The highest BCUT2D eigenvalue weighted by molar-refractivity contribution is 7.83. The summed E-state index contributed by atoms with van der Waals surface area (Å²) in [4.78, 5) is 1.97. The Morgan fingerprint density at radius 2 is 2.25 bits per heavy atom. The molecule has 1 aromatic rings. The second kappa shape index (κ2) is 5.02. The van der Waals surface area contributed by atoms with Gasteiger partial charge < -0.3 is 9.64 Å². The van der Waals surface area contributed by atoms with Crippen molar-refractivity contribution in [3.8, 4) is 5.75 Å². The zero-order valence-corrected chi connectivity index (χ0v) is 10.7. The van der Waals surface area contributed by atoms with E-state index in [0.29, 0.717) is 4.45 Å². The van der Waals surface area contributed by atoms with E-state index in [9.17, 15) is 0 Å². The quantitative estimate of drug-likeness (QED) is 0.458. The van der Waals surface area contributed by atoms with E-state index < -0.39 is 0 Å². The van der Waals surface area contributed by atoms with E-state index in [-0.39, 0.29) is 6.10 Å². The van der Waals surface area contributed by atoms with Crippen molar-refractivity contribution < 1.29 is 4.74 Å². The van der Waals surface area contributed by atoms with Crippen LogP contribution < -0.4 is 4.74 Å². The fraction of sp³-hybridized carbons (Fsp3) is 0.417. The van der Waals surface area contributed by atoms with E-state index in [4.69, 9.17) is 28.6 Å². The first-order valence-electron chi connectivity index (χ1n) is 5.33. The van der Waals surface area contributed by atoms with Crippen LogP contribution in [0.25, 0.3) is 0 Å². The second-order valence-corrected chi connectivity index (χ2v) is 4.96. The number of hydrogen-bond acceptors (Lipinski definition) is 2. The van der Waals surface area contributed by atoms with Crippen LogP contribution in [0.1, 0.15) is 12.0 Å². The maximum absolute atomic E-state index is 5.93. The molecule has 2 nitrogen and oxygen atoms in total. The van der Waals surface area contributed by atoms with Gasteiger partial charge in [-0.05, 0) is 30.8 Å². The summed E-state index contributed by atoms with van der Waals surface area (Å²) >= 11 is 10.7. The molecule has 0 aromatic heterocycles. The molecule has 0 aliphatic carbocycles. The number of nitrogens with zero attached hydrogens (tertiary/aromatic N) is 1. The molecule has 1 aliphatic heterocycles. The number of ether oxygens (including phenoxy) is 1. The number of thiocarbonyl (C=S) groups is 1. The summed E-state index contributed by atoms with van der Waals surface area (Å²) in [7, 11) is 0. The fourth-order valence-electron chi connectivity index (χ4n) is 1.85. The molecule has 1 heterocycles. The van der Waals surface area contributed by atoms with Gasteiger partial charge in [-0.1, -0.05) is 29.8 Å². The molecule has 1 aromatic carbocycles. The Bertz CT molecular complexity index is 396. The number of benzene rings is 1. The van der Waals surface area contributed by atoms with Gasteiger partial charge in [-0.15, -0.1) is 0 Å². The lowest BCUT2D eigenvalue weighted by Gasteiger charge is -2.17. The Hall–Kier alpha value is -0.800. The van der Waals surface area contributed by atoms with E-state index in [1.165, 1.54) is 0 Å². The summed E-state index contributed by atoms with van der Waals surface area (Å²) in [6, 6.07) is 8.05. The molecule has 0 bridgehead atoms. The molecule has 1 atom stereocenters. The van der Waals surface area contributed by atoms with Gasteiger partial charge in [0.1, 0.15) is 11.9 Å². The third kappa shape index (κ3) is 2.66.